The van der Waals surface area contributed by atoms with E-state index in [0.29, 0.717) is 34.8 Å². The van der Waals surface area contributed by atoms with Crippen LogP contribution in [0.4, 0.5) is 11.4 Å². The third-order valence-electron chi connectivity index (χ3n) is 4.60. The zero-order chi connectivity index (χ0) is 18.9. The van der Waals surface area contributed by atoms with Gasteiger partial charge in [-0.05, 0) is 68.7 Å². The molecule has 2 aromatic carbocycles. The molecule has 1 aliphatic carbocycles. The monoisotopic (exact) mass is 370 g/mol. The molecule has 134 valence electrons. The van der Waals surface area contributed by atoms with Crippen molar-refractivity contribution in [2.45, 2.75) is 26.7 Å². The van der Waals surface area contributed by atoms with Crippen LogP contribution in [0.2, 0.25) is 5.02 Å². The van der Waals surface area contributed by atoms with E-state index >= 15 is 0 Å². The highest BCUT2D eigenvalue weighted by Gasteiger charge is 2.56. The predicted molar refractivity (Wildman–Crippen MR) is 102 cm³/mol. The highest BCUT2D eigenvalue weighted by Crippen LogP contribution is 2.47. The first-order chi connectivity index (χ1) is 12.3. The van der Waals surface area contributed by atoms with Crippen LogP contribution in [0.5, 0.6) is 0 Å². The number of hydrogen-bond donors (Lipinski definition) is 2. The van der Waals surface area contributed by atoms with E-state index in [0.717, 1.165) is 5.56 Å². The van der Waals surface area contributed by atoms with Crippen LogP contribution in [0.25, 0.3) is 0 Å². The first-order valence-corrected chi connectivity index (χ1v) is 8.70. The molecule has 0 unspecified atom stereocenters. The molecule has 6 heteroatoms. The van der Waals surface area contributed by atoms with Gasteiger partial charge >= 0.3 is 0 Å². The number of amides is 2. The van der Waals surface area contributed by atoms with Crippen molar-refractivity contribution >= 4 is 40.6 Å². The summed E-state index contributed by atoms with van der Waals surface area (Å²) in [7, 11) is 0. The lowest BCUT2D eigenvalue weighted by Gasteiger charge is -2.16. The SMILES string of the molecule is CC(=O)c1ccc(NC(=O)C2(C(=O)Nc3ccc(C)c(Cl)c3)CC2)cc1. The summed E-state index contributed by atoms with van der Waals surface area (Å²) in [6.45, 7) is 3.36. The van der Waals surface area contributed by atoms with Crippen molar-refractivity contribution in [1.82, 2.24) is 0 Å². The molecule has 0 spiro atoms. The maximum Gasteiger partial charge on any atom is 0.240 e. The van der Waals surface area contributed by atoms with Crippen molar-refractivity contribution in [3.8, 4) is 0 Å². The minimum atomic E-state index is -1.06. The summed E-state index contributed by atoms with van der Waals surface area (Å²) >= 11 is 6.08. The number of halogens is 1. The average Bonchev–Trinajstić information content (AvgIpc) is 3.40. The molecule has 2 N–H and O–H groups in total. The Morgan fingerprint density at radius 1 is 0.923 bits per heavy atom. The third kappa shape index (κ3) is 3.63. The maximum atomic E-state index is 12.6. The van der Waals surface area contributed by atoms with E-state index in [1.54, 1.807) is 36.4 Å². The van der Waals surface area contributed by atoms with Crippen molar-refractivity contribution < 1.29 is 14.4 Å². The van der Waals surface area contributed by atoms with E-state index in [9.17, 15) is 14.4 Å². The molecule has 0 saturated heterocycles. The lowest BCUT2D eigenvalue weighted by molar-refractivity contribution is -0.131. The number of ketones is 1. The van der Waals surface area contributed by atoms with Crippen LogP contribution in [0.1, 0.15) is 35.7 Å². The second-order valence-corrected chi connectivity index (χ2v) is 7.00. The van der Waals surface area contributed by atoms with Crippen molar-refractivity contribution in [2.75, 3.05) is 10.6 Å². The zero-order valence-corrected chi connectivity index (χ0v) is 15.3. The molecule has 2 aromatic rings. The van der Waals surface area contributed by atoms with Gasteiger partial charge in [-0.3, -0.25) is 14.4 Å². The molecule has 5 nitrogen and oxygen atoms in total. The number of carbonyl (C=O) groups excluding carboxylic acids is 3. The average molecular weight is 371 g/mol. The summed E-state index contributed by atoms with van der Waals surface area (Å²) in [5, 5.41) is 6.09. The van der Waals surface area contributed by atoms with Gasteiger partial charge in [0.1, 0.15) is 5.41 Å². The Balaban J connectivity index is 1.69. The molecule has 0 radical (unpaired) electrons. The number of aryl methyl sites for hydroxylation is 1. The lowest BCUT2D eigenvalue weighted by Crippen LogP contribution is -2.35. The fourth-order valence-electron chi connectivity index (χ4n) is 2.64. The van der Waals surface area contributed by atoms with Gasteiger partial charge in [0.15, 0.2) is 5.78 Å². The van der Waals surface area contributed by atoms with Gasteiger partial charge in [0.2, 0.25) is 11.8 Å². The van der Waals surface area contributed by atoms with Crippen molar-refractivity contribution in [3.63, 3.8) is 0 Å². The molecule has 0 atom stereocenters. The number of rotatable bonds is 5. The number of nitrogens with one attached hydrogen (secondary N) is 2. The van der Waals surface area contributed by atoms with Gasteiger partial charge in [0, 0.05) is 22.0 Å². The minimum Gasteiger partial charge on any atom is -0.325 e. The van der Waals surface area contributed by atoms with Crippen LogP contribution < -0.4 is 10.6 Å². The van der Waals surface area contributed by atoms with Crippen LogP contribution in [-0.4, -0.2) is 17.6 Å². The summed E-state index contributed by atoms with van der Waals surface area (Å²) in [6.07, 6.45) is 0.992. The molecule has 26 heavy (non-hydrogen) atoms. The Kier molecular flexibility index (Phi) is 4.83. The second-order valence-electron chi connectivity index (χ2n) is 6.59. The van der Waals surface area contributed by atoms with Gasteiger partial charge in [-0.15, -0.1) is 0 Å². The summed E-state index contributed by atoms with van der Waals surface area (Å²) in [5.74, 6) is -0.725. The number of benzene rings is 2. The summed E-state index contributed by atoms with van der Waals surface area (Å²) in [6, 6.07) is 11.8. The molecule has 1 fully saturated rings. The van der Waals surface area contributed by atoms with Gasteiger partial charge in [0.25, 0.3) is 0 Å². The first kappa shape index (κ1) is 18.1. The van der Waals surface area contributed by atoms with Crippen molar-refractivity contribution in [1.29, 1.82) is 0 Å². The summed E-state index contributed by atoms with van der Waals surface area (Å²) < 4.78 is 0. The normalized spacial score (nSPS) is 14.4. The maximum absolute atomic E-state index is 12.6. The molecule has 0 aliphatic heterocycles. The van der Waals surface area contributed by atoms with Gasteiger partial charge in [-0.1, -0.05) is 17.7 Å². The molecule has 0 aromatic heterocycles. The van der Waals surface area contributed by atoms with Crippen LogP contribution in [0.3, 0.4) is 0 Å². The Morgan fingerprint density at radius 2 is 1.46 bits per heavy atom. The number of anilines is 2. The Labute approximate surface area is 156 Å². The standard InChI is InChI=1S/C20H19ClN2O3/c1-12-3-6-16(11-17(12)21)23-19(26)20(9-10-20)18(25)22-15-7-4-14(5-8-15)13(2)24/h3-8,11H,9-10H2,1-2H3,(H,22,25)(H,23,26). The Hall–Kier alpha value is -2.66. The summed E-state index contributed by atoms with van der Waals surface area (Å²) in [4.78, 5) is 36.5. The Bertz CT molecular complexity index is 886. The van der Waals surface area contributed by atoms with Gasteiger partial charge in [-0.2, -0.15) is 0 Å². The minimum absolute atomic E-state index is 0.0438. The number of carbonyl (C=O) groups is 3. The topological polar surface area (TPSA) is 75.3 Å². The molecule has 3 rings (SSSR count). The number of hydrogen-bond acceptors (Lipinski definition) is 3. The van der Waals surface area contributed by atoms with E-state index in [1.807, 2.05) is 13.0 Å². The Morgan fingerprint density at radius 3 is 1.96 bits per heavy atom. The van der Waals surface area contributed by atoms with Crippen molar-refractivity contribution in [3.05, 3.63) is 58.6 Å². The fraction of sp³-hybridized carbons (Fsp3) is 0.250. The van der Waals surface area contributed by atoms with E-state index in [4.69, 9.17) is 11.6 Å². The molecule has 1 saturated carbocycles. The van der Waals surface area contributed by atoms with Crippen LogP contribution >= 0.6 is 11.6 Å². The second kappa shape index (κ2) is 6.92. The molecular formula is C20H19ClN2O3. The van der Waals surface area contributed by atoms with Gasteiger partial charge in [0.05, 0.1) is 0 Å². The highest BCUT2D eigenvalue weighted by atomic mass is 35.5. The smallest absolute Gasteiger partial charge is 0.240 e. The van der Waals surface area contributed by atoms with Gasteiger partial charge in [-0.25, -0.2) is 0 Å². The van der Waals surface area contributed by atoms with Crippen LogP contribution in [0, 0.1) is 12.3 Å². The highest BCUT2D eigenvalue weighted by molar-refractivity contribution is 6.31. The van der Waals surface area contributed by atoms with E-state index in [2.05, 4.69) is 10.6 Å². The first-order valence-electron chi connectivity index (χ1n) is 8.32. The van der Waals surface area contributed by atoms with E-state index < -0.39 is 5.41 Å². The largest absolute Gasteiger partial charge is 0.325 e. The van der Waals surface area contributed by atoms with Crippen LogP contribution in [-0.2, 0) is 9.59 Å². The third-order valence-corrected chi connectivity index (χ3v) is 5.01. The van der Waals surface area contributed by atoms with E-state index in [-0.39, 0.29) is 17.6 Å². The van der Waals surface area contributed by atoms with Gasteiger partial charge < -0.3 is 10.6 Å². The predicted octanol–water partition coefficient (Wildman–Crippen LogP) is 4.21. The molecule has 0 heterocycles. The quantitative estimate of drug-likeness (QED) is 0.611. The zero-order valence-electron chi connectivity index (χ0n) is 14.6. The molecule has 1 aliphatic rings. The fourth-order valence-corrected chi connectivity index (χ4v) is 2.82. The summed E-state index contributed by atoms with van der Waals surface area (Å²) in [5.41, 5.74) is 1.54. The number of Topliss-reactive ketones (excluding diaryl/α,β-unsaturated/α-hetero) is 1. The lowest BCUT2D eigenvalue weighted by atomic mass is 10.0. The molecule has 0 bridgehead atoms. The van der Waals surface area contributed by atoms with E-state index in [1.165, 1.54) is 6.92 Å². The van der Waals surface area contributed by atoms with Crippen molar-refractivity contribution in [2.24, 2.45) is 5.41 Å². The van der Waals surface area contributed by atoms with Crippen LogP contribution in [0.15, 0.2) is 42.5 Å². The molecule has 2 amide bonds. The molecular weight excluding hydrogens is 352 g/mol.